The Morgan fingerprint density at radius 2 is 2.21 bits per heavy atom. The number of hydrogen-bond acceptors (Lipinski definition) is 3. The minimum Gasteiger partial charge on any atom is -0.396 e. The summed E-state index contributed by atoms with van der Waals surface area (Å²) in [6.07, 6.45) is 1.68. The highest BCUT2D eigenvalue weighted by molar-refractivity contribution is 6.07. The summed E-state index contributed by atoms with van der Waals surface area (Å²) in [5, 5.41) is 4.20. The van der Waals surface area contributed by atoms with Crippen molar-refractivity contribution in [1.29, 1.82) is 0 Å². The lowest BCUT2D eigenvalue weighted by molar-refractivity contribution is 0.0988. The third-order valence-corrected chi connectivity index (χ3v) is 3.01. The third-order valence-electron chi connectivity index (χ3n) is 3.01. The fourth-order valence-electron chi connectivity index (χ4n) is 1.88. The Labute approximate surface area is 112 Å². The second-order valence-corrected chi connectivity index (χ2v) is 4.49. The van der Waals surface area contributed by atoms with Crippen molar-refractivity contribution in [1.82, 2.24) is 9.78 Å². The lowest BCUT2D eigenvalue weighted by Gasteiger charge is -2.16. The van der Waals surface area contributed by atoms with Gasteiger partial charge in [0.25, 0.3) is 5.91 Å². The predicted molar refractivity (Wildman–Crippen MR) is 76.2 cm³/mol. The van der Waals surface area contributed by atoms with Crippen LogP contribution in [0.1, 0.15) is 23.0 Å². The van der Waals surface area contributed by atoms with Gasteiger partial charge in [-0.05, 0) is 31.5 Å². The molecule has 2 N–H and O–H groups in total. The van der Waals surface area contributed by atoms with Crippen LogP contribution in [0, 0.1) is 6.92 Å². The number of aromatic nitrogens is 2. The second kappa shape index (κ2) is 5.14. The van der Waals surface area contributed by atoms with Gasteiger partial charge in [-0.1, -0.05) is 12.1 Å². The normalized spacial score (nSPS) is 10.5. The van der Waals surface area contributed by atoms with Gasteiger partial charge in [-0.3, -0.25) is 9.48 Å². The van der Waals surface area contributed by atoms with E-state index in [4.69, 9.17) is 5.73 Å². The molecule has 0 unspecified atom stereocenters. The first-order valence-electron chi connectivity index (χ1n) is 6.20. The van der Waals surface area contributed by atoms with Crippen LogP contribution in [0.2, 0.25) is 0 Å². The summed E-state index contributed by atoms with van der Waals surface area (Å²) in [7, 11) is 1.72. The standard InChI is InChI=1S/C14H18N4O/c1-4-18-9-12(15)13(16-18)14(19)17(3)11-7-5-6-10(2)8-11/h5-9H,4,15H2,1-3H3. The van der Waals surface area contributed by atoms with Crippen molar-refractivity contribution in [3.8, 4) is 0 Å². The molecular formula is C14H18N4O. The number of benzene rings is 1. The van der Waals surface area contributed by atoms with Crippen molar-refractivity contribution in [2.75, 3.05) is 17.7 Å². The maximum Gasteiger partial charge on any atom is 0.280 e. The van der Waals surface area contributed by atoms with Crippen molar-refractivity contribution >= 4 is 17.3 Å². The van der Waals surface area contributed by atoms with Crippen LogP contribution < -0.4 is 10.6 Å². The summed E-state index contributed by atoms with van der Waals surface area (Å²) in [4.78, 5) is 13.9. The maximum atomic E-state index is 12.4. The summed E-state index contributed by atoms with van der Waals surface area (Å²) < 4.78 is 1.66. The number of nitrogens with two attached hydrogens (primary N) is 1. The molecule has 2 aromatic rings. The molecule has 1 amide bonds. The van der Waals surface area contributed by atoms with Crippen LogP contribution in [0.25, 0.3) is 0 Å². The summed E-state index contributed by atoms with van der Waals surface area (Å²) in [5.74, 6) is -0.199. The molecule has 2 rings (SSSR count). The smallest absolute Gasteiger partial charge is 0.280 e. The number of rotatable bonds is 3. The van der Waals surface area contributed by atoms with Crippen LogP contribution in [-0.2, 0) is 6.54 Å². The first-order chi connectivity index (χ1) is 9.02. The molecule has 5 nitrogen and oxygen atoms in total. The molecule has 1 aromatic heterocycles. The highest BCUT2D eigenvalue weighted by atomic mass is 16.2. The summed E-state index contributed by atoms with van der Waals surface area (Å²) in [6, 6.07) is 7.74. The molecule has 0 aliphatic heterocycles. The number of nitrogens with zero attached hydrogens (tertiary/aromatic N) is 3. The Hall–Kier alpha value is -2.30. The molecule has 100 valence electrons. The Bertz CT molecular complexity index is 603. The van der Waals surface area contributed by atoms with E-state index in [0.717, 1.165) is 11.3 Å². The van der Waals surface area contributed by atoms with Crippen LogP contribution in [0.15, 0.2) is 30.5 Å². The van der Waals surface area contributed by atoms with Gasteiger partial charge in [0.15, 0.2) is 5.69 Å². The molecule has 0 aliphatic rings. The summed E-state index contributed by atoms with van der Waals surface area (Å²) in [6.45, 7) is 4.62. The van der Waals surface area contributed by atoms with Gasteiger partial charge < -0.3 is 10.6 Å². The van der Waals surface area contributed by atoms with Gasteiger partial charge in [0.05, 0.1) is 5.69 Å². The SMILES string of the molecule is CCn1cc(N)c(C(=O)N(C)c2cccc(C)c2)n1. The Morgan fingerprint density at radius 1 is 1.47 bits per heavy atom. The van der Waals surface area contributed by atoms with Gasteiger partial charge in [0.2, 0.25) is 0 Å². The van der Waals surface area contributed by atoms with E-state index in [9.17, 15) is 4.79 Å². The number of nitrogen functional groups attached to an aromatic ring is 1. The average Bonchev–Trinajstić information content (AvgIpc) is 2.78. The molecule has 5 heteroatoms. The molecule has 0 saturated carbocycles. The quantitative estimate of drug-likeness (QED) is 0.916. The molecule has 0 atom stereocenters. The number of anilines is 2. The third kappa shape index (κ3) is 2.59. The first-order valence-corrected chi connectivity index (χ1v) is 6.20. The molecule has 19 heavy (non-hydrogen) atoms. The summed E-state index contributed by atoms with van der Waals surface area (Å²) >= 11 is 0. The van der Waals surface area contributed by atoms with Gasteiger partial charge >= 0.3 is 0 Å². The minimum atomic E-state index is -0.199. The fourth-order valence-corrected chi connectivity index (χ4v) is 1.88. The van der Waals surface area contributed by atoms with Gasteiger partial charge in [-0.2, -0.15) is 5.10 Å². The molecule has 0 radical (unpaired) electrons. The van der Waals surface area contributed by atoms with Gasteiger partial charge in [-0.15, -0.1) is 0 Å². The van der Waals surface area contributed by atoms with E-state index in [0.29, 0.717) is 17.9 Å². The molecule has 0 spiro atoms. The van der Waals surface area contributed by atoms with Crippen LogP contribution in [0.5, 0.6) is 0 Å². The zero-order chi connectivity index (χ0) is 14.0. The van der Waals surface area contributed by atoms with Gasteiger partial charge in [0, 0.05) is 25.5 Å². The summed E-state index contributed by atoms with van der Waals surface area (Å²) in [5.41, 5.74) is 8.47. The van der Waals surface area contributed by atoms with E-state index < -0.39 is 0 Å². The minimum absolute atomic E-state index is 0.199. The molecular weight excluding hydrogens is 240 g/mol. The van der Waals surface area contributed by atoms with Crippen LogP contribution in [-0.4, -0.2) is 22.7 Å². The van der Waals surface area contributed by atoms with Crippen LogP contribution in [0.3, 0.4) is 0 Å². The zero-order valence-electron chi connectivity index (χ0n) is 11.4. The highest BCUT2D eigenvalue weighted by Crippen LogP contribution is 2.19. The Balaban J connectivity index is 2.30. The number of carbonyl (C=O) groups excluding carboxylic acids is 1. The predicted octanol–water partition coefficient (Wildman–Crippen LogP) is 2.07. The van der Waals surface area contributed by atoms with Crippen molar-refractivity contribution in [2.24, 2.45) is 0 Å². The van der Waals surface area contributed by atoms with Crippen LogP contribution >= 0.6 is 0 Å². The number of hydrogen-bond donors (Lipinski definition) is 1. The monoisotopic (exact) mass is 258 g/mol. The topological polar surface area (TPSA) is 64.2 Å². The van der Waals surface area contributed by atoms with Crippen molar-refractivity contribution in [3.05, 3.63) is 41.7 Å². The Kier molecular flexibility index (Phi) is 3.55. The van der Waals surface area contributed by atoms with E-state index in [1.54, 1.807) is 22.8 Å². The van der Waals surface area contributed by atoms with Crippen LogP contribution in [0.4, 0.5) is 11.4 Å². The maximum absolute atomic E-state index is 12.4. The number of aryl methyl sites for hydroxylation is 2. The van der Waals surface area contributed by atoms with E-state index in [1.807, 2.05) is 38.1 Å². The molecule has 1 aromatic carbocycles. The lowest BCUT2D eigenvalue weighted by Crippen LogP contribution is -2.27. The van der Waals surface area contributed by atoms with Gasteiger partial charge in [-0.25, -0.2) is 0 Å². The van der Waals surface area contributed by atoms with Crippen molar-refractivity contribution in [3.63, 3.8) is 0 Å². The average molecular weight is 258 g/mol. The van der Waals surface area contributed by atoms with E-state index in [1.165, 1.54) is 0 Å². The molecule has 0 aliphatic carbocycles. The largest absolute Gasteiger partial charge is 0.396 e. The first kappa shape index (κ1) is 13.1. The van der Waals surface area contributed by atoms with E-state index in [-0.39, 0.29) is 5.91 Å². The molecule has 0 saturated heterocycles. The molecule has 1 heterocycles. The molecule has 0 bridgehead atoms. The van der Waals surface area contributed by atoms with Crippen molar-refractivity contribution in [2.45, 2.75) is 20.4 Å². The van der Waals surface area contributed by atoms with E-state index in [2.05, 4.69) is 5.10 Å². The van der Waals surface area contributed by atoms with Gasteiger partial charge in [0.1, 0.15) is 0 Å². The fraction of sp³-hybridized carbons (Fsp3) is 0.286. The van der Waals surface area contributed by atoms with Crippen molar-refractivity contribution < 1.29 is 4.79 Å². The molecule has 0 fully saturated rings. The number of amides is 1. The lowest BCUT2D eigenvalue weighted by atomic mass is 10.2. The Morgan fingerprint density at radius 3 is 2.79 bits per heavy atom. The highest BCUT2D eigenvalue weighted by Gasteiger charge is 2.19. The number of carbonyl (C=O) groups is 1. The van der Waals surface area contributed by atoms with E-state index >= 15 is 0 Å². The second-order valence-electron chi connectivity index (χ2n) is 4.49. The zero-order valence-corrected chi connectivity index (χ0v) is 11.4.